The summed E-state index contributed by atoms with van der Waals surface area (Å²) in [7, 11) is 1.76. The minimum atomic E-state index is -0.185. The Hall–Kier alpha value is -1.42. The van der Waals surface area contributed by atoms with Gasteiger partial charge in [0.25, 0.3) is 0 Å². The van der Waals surface area contributed by atoms with E-state index in [0.29, 0.717) is 6.54 Å². The smallest absolute Gasteiger partial charge is 0.234 e. The highest BCUT2D eigenvalue weighted by Gasteiger charge is 2.46. The number of nitrogens with one attached hydrogen (secondary N) is 2. The minimum Gasteiger partial charge on any atom is -0.344 e. The number of aromatic nitrogens is 1. The molecule has 0 aromatic carbocycles. The predicted molar refractivity (Wildman–Crippen MR) is 57.2 cm³/mol. The second kappa shape index (κ2) is 3.98. The average molecular weight is 205 g/mol. The van der Waals surface area contributed by atoms with Crippen LogP contribution in [0.4, 0.5) is 0 Å². The fourth-order valence-corrected chi connectivity index (χ4v) is 1.69. The van der Waals surface area contributed by atoms with Crippen LogP contribution in [0.1, 0.15) is 18.5 Å². The van der Waals surface area contributed by atoms with Gasteiger partial charge < -0.3 is 10.6 Å². The number of nitrogens with zero attached hydrogens (tertiary/aromatic N) is 1. The molecule has 1 aromatic heterocycles. The predicted octanol–water partition coefficient (Wildman–Crippen LogP) is 0.406. The van der Waals surface area contributed by atoms with Gasteiger partial charge in [0.1, 0.15) is 0 Å². The van der Waals surface area contributed by atoms with Gasteiger partial charge in [-0.25, -0.2) is 0 Å². The number of pyridine rings is 1. The maximum absolute atomic E-state index is 11.5. The fraction of sp³-hybridized carbons (Fsp3) is 0.455. The number of hydrogen-bond donors (Lipinski definition) is 2. The Bertz CT molecular complexity index is 346. The molecule has 1 aliphatic carbocycles. The highest BCUT2D eigenvalue weighted by Crippen LogP contribution is 2.44. The molecule has 0 spiro atoms. The van der Waals surface area contributed by atoms with E-state index >= 15 is 0 Å². The molecule has 4 heteroatoms. The standard InChI is InChI=1S/C11H15N3O/c1-12-8-10(15)14-11(5-6-11)9-4-2-3-7-13-9/h2-4,7,12H,5-6,8H2,1H3,(H,14,15). The topological polar surface area (TPSA) is 54.0 Å². The van der Waals surface area contributed by atoms with E-state index in [1.165, 1.54) is 0 Å². The molecule has 1 amide bonds. The van der Waals surface area contributed by atoms with Crippen LogP contribution in [0.25, 0.3) is 0 Å². The van der Waals surface area contributed by atoms with Crippen LogP contribution in [-0.4, -0.2) is 24.5 Å². The lowest BCUT2D eigenvalue weighted by molar-refractivity contribution is -0.121. The Balaban J connectivity index is 2.05. The molecule has 2 N–H and O–H groups in total. The van der Waals surface area contributed by atoms with E-state index in [1.54, 1.807) is 13.2 Å². The molecule has 1 fully saturated rings. The van der Waals surface area contributed by atoms with Gasteiger partial charge in [0.15, 0.2) is 0 Å². The Morgan fingerprint density at radius 3 is 2.87 bits per heavy atom. The summed E-state index contributed by atoms with van der Waals surface area (Å²) in [5.74, 6) is 0.0284. The fourth-order valence-electron chi connectivity index (χ4n) is 1.69. The number of carbonyl (C=O) groups is 1. The Morgan fingerprint density at radius 1 is 1.53 bits per heavy atom. The first kappa shape index (κ1) is 10.1. The third-order valence-electron chi connectivity index (χ3n) is 2.62. The number of amides is 1. The lowest BCUT2D eigenvalue weighted by Crippen LogP contribution is -2.40. The van der Waals surface area contributed by atoms with E-state index in [4.69, 9.17) is 0 Å². The summed E-state index contributed by atoms with van der Waals surface area (Å²) in [5.41, 5.74) is 0.782. The van der Waals surface area contributed by atoms with E-state index < -0.39 is 0 Å². The molecule has 80 valence electrons. The van der Waals surface area contributed by atoms with E-state index in [9.17, 15) is 4.79 Å². The van der Waals surface area contributed by atoms with Crippen molar-refractivity contribution >= 4 is 5.91 Å². The molecular weight excluding hydrogens is 190 g/mol. The van der Waals surface area contributed by atoms with Crippen LogP contribution < -0.4 is 10.6 Å². The number of rotatable bonds is 4. The molecule has 0 aliphatic heterocycles. The molecular formula is C11H15N3O. The first-order valence-electron chi connectivity index (χ1n) is 5.14. The van der Waals surface area contributed by atoms with Gasteiger partial charge in [-0.15, -0.1) is 0 Å². The summed E-state index contributed by atoms with van der Waals surface area (Å²) >= 11 is 0. The Kier molecular flexibility index (Phi) is 2.68. The lowest BCUT2D eigenvalue weighted by Gasteiger charge is -2.16. The SMILES string of the molecule is CNCC(=O)NC1(c2ccccn2)CC1. The van der Waals surface area contributed by atoms with Crippen molar-refractivity contribution in [3.8, 4) is 0 Å². The highest BCUT2D eigenvalue weighted by atomic mass is 16.2. The summed E-state index contributed by atoms with van der Waals surface area (Å²) in [5, 5.41) is 5.86. The van der Waals surface area contributed by atoms with Gasteiger partial charge in [0.05, 0.1) is 17.8 Å². The highest BCUT2D eigenvalue weighted by molar-refractivity contribution is 5.79. The molecule has 1 aromatic rings. The Morgan fingerprint density at radius 2 is 2.33 bits per heavy atom. The summed E-state index contributed by atoms with van der Waals surface area (Å²) in [4.78, 5) is 15.8. The first-order chi connectivity index (χ1) is 7.27. The summed E-state index contributed by atoms with van der Waals surface area (Å²) in [6.07, 6.45) is 3.73. The molecule has 15 heavy (non-hydrogen) atoms. The van der Waals surface area contributed by atoms with Crippen LogP contribution in [0.2, 0.25) is 0 Å². The van der Waals surface area contributed by atoms with Gasteiger partial charge in [0.2, 0.25) is 5.91 Å². The normalized spacial score (nSPS) is 17.1. The number of hydrogen-bond acceptors (Lipinski definition) is 3. The quantitative estimate of drug-likeness (QED) is 0.748. The van der Waals surface area contributed by atoms with Crippen LogP contribution in [0, 0.1) is 0 Å². The van der Waals surface area contributed by atoms with Crippen LogP contribution in [0.3, 0.4) is 0 Å². The maximum Gasteiger partial charge on any atom is 0.234 e. The van der Waals surface area contributed by atoms with Crippen molar-refractivity contribution in [2.24, 2.45) is 0 Å². The zero-order valence-electron chi connectivity index (χ0n) is 8.79. The number of likely N-dealkylation sites (N-methyl/N-ethyl adjacent to an activating group) is 1. The zero-order chi connectivity index (χ0) is 10.7. The van der Waals surface area contributed by atoms with Crippen LogP contribution in [0.15, 0.2) is 24.4 Å². The molecule has 1 heterocycles. The van der Waals surface area contributed by atoms with Crippen molar-refractivity contribution in [3.63, 3.8) is 0 Å². The summed E-state index contributed by atoms with van der Waals surface area (Å²) < 4.78 is 0. The molecule has 0 radical (unpaired) electrons. The van der Waals surface area contributed by atoms with E-state index in [1.807, 2.05) is 18.2 Å². The molecule has 1 aliphatic rings. The lowest BCUT2D eigenvalue weighted by atomic mass is 10.1. The third kappa shape index (κ3) is 2.15. The van der Waals surface area contributed by atoms with Crippen molar-refractivity contribution in [2.75, 3.05) is 13.6 Å². The second-order valence-electron chi connectivity index (χ2n) is 3.88. The molecule has 0 saturated heterocycles. The van der Waals surface area contributed by atoms with Gasteiger partial charge in [-0.3, -0.25) is 9.78 Å². The van der Waals surface area contributed by atoms with Crippen molar-refractivity contribution in [3.05, 3.63) is 30.1 Å². The van der Waals surface area contributed by atoms with Crippen molar-refractivity contribution in [1.82, 2.24) is 15.6 Å². The molecule has 0 atom stereocenters. The molecule has 0 bridgehead atoms. The molecule has 2 rings (SSSR count). The van der Waals surface area contributed by atoms with Crippen molar-refractivity contribution in [1.29, 1.82) is 0 Å². The first-order valence-corrected chi connectivity index (χ1v) is 5.14. The Labute approximate surface area is 89.1 Å². The van der Waals surface area contributed by atoms with E-state index in [0.717, 1.165) is 18.5 Å². The van der Waals surface area contributed by atoms with Crippen LogP contribution in [0.5, 0.6) is 0 Å². The van der Waals surface area contributed by atoms with Gasteiger partial charge in [0, 0.05) is 6.20 Å². The van der Waals surface area contributed by atoms with E-state index in [2.05, 4.69) is 15.6 Å². The molecule has 4 nitrogen and oxygen atoms in total. The monoisotopic (exact) mass is 205 g/mol. The maximum atomic E-state index is 11.5. The van der Waals surface area contributed by atoms with Crippen molar-refractivity contribution in [2.45, 2.75) is 18.4 Å². The molecule has 0 unspecified atom stereocenters. The average Bonchev–Trinajstić information content (AvgIpc) is 3.01. The van der Waals surface area contributed by atoms with Gasteiger partial charge >= 0.3 is 0 Å². The van der Waals surface area contributed by atoms with Crippen molar-refractivity contribution < 1.29 is 4.79 Å². The largest absolute Gasteiger partial charge is 0.344 e. The molecule has 1 saturated carbocycles. The summed E-state index contributed by atoms with van der Waals surface area (Å²) in [6.45, 7) is 0.356. The van der Waals surface area contributed by atoms with Gasteiger partial charge in [-0.05, 0) is 32.0 Å². The van der Waals surface area contributed by atoms with Crippen LogP contribution in [-0.2, 0) is 10.3 Å². The summed E-state index contributed by atoms with van der Waals surface area (Å²) in [6, 6.07) is 5.80. The number of carbonyl (C=O) groups excluding carboxylic acids is 1. The van der Waals surface area contributed by atoms with Crippen LogP contribution >= 0.6 is 0 Å². The second-order valence-corrected chi connectivity index (χ2v) is 3.88. The minimum absolute atomic E-state index is 0.0284. The van der Waals surface area contributed by atoms with E-state index in [-0.39, 0.29) is 11.4 Å². The zero-order valence-corrected chi connectivity index (χ0v) is 8.79. The van der Waals surface area contributed by atoms with Gasteiger partial charge in [-0.1, -0.05) is 6.07 Å². The third-order valence-corrected chi connectivity index (χ3v) is 2.62. The van der Waals surface area contributed by atoms with Gasteiger partial charge in [-0.2, -0.15) is 0 Å².